The third-order valence-corrected chi connectivity index (χ3v) is 10.5. The van der Waals surface area contributed by atoms with Crippen molar-refractivity contribution in [3.63, 3.8) is 0 Å². The Kier molecular flexibility index (Phi) is 10.6. The smallest absolute Gasteiger partial charge is 0.390 e. The number of nitrogens with two attached hydrogens (primary N) is 1. The van der Waals surface area contributed by atoms with Gasteiger partial charge in [-0.25, -0.2) is 9.97 Å². The number of carbonyl (C=O) groups excluding carboxylic acids is 2. The number of hydrogen-bond acceptors (Lipinski definition) is 6. The van der Waals surface area contributed by atoms with Crippen LogP contribution < -0.4 is 16.4 Å². The fraction of sp³-hybridized carbons (Fsp3) is 0.300. The van der Waals surface area contributed by atoms with Gasteiger partial charge in [0.1, 0.15) is 23.7 Å². The molecule has 14 heteroatoms. The zero-order valence-corrected chi connectivity index (χ0v) is 32.8. The van der Waals surface area contributed by atoms with Gasteiger partial charge in [-0.2, -0.15) is 13.2 Å². The highest BCUT2D eigenvalue weighted by Crippen LogP contribution is 2.35. The zero-order valence-electron chi connectivity index (χ0n) is 29.6. The van der Waals surface area contributed by atoms with Gasteiger partial charge in [0.15, 0.2) is 5.78 Å². The summed E-state index contributed by atoms with van der Waals surface area (Å²) in [7, 11) is 0. The summed E-state index contributed by atoms with van der Waals surface area (Å²) in [5.74, 6) is 0.717. The highest BCUT2D eigenvalue weighted by molar-refractivity contribution is 9.10. The molecule has 0 bridgehead atoms. The molecule has 1 amide bonds. The van der Waals surface area contributed by atoms with Gasteiger partial charge < -0.3 is 16.4 Å². The number of Topliss-reactive ketones (excluding diaryl/α,β-unsaturated/α-hetero) is 1. The minimum absolute atomic E-state index is 0.00373. The number of benzene rings is 4. The first-order valence-corrected chi connectivity index (χ1v) is 19.3. The van der Waals surface area contributed by atoms with Crippen LogP contribution in [0.2, 0.25) is 0 Å². The van der Waals surface area contributed by atoms with Gasteiger partial charge in [-0.15, -0.1) is 0 Å². The predicted molar refractivity (Wildman–Crippen MR) is 213 cm³/mol. The van der Waals surface area contributed by atoms with E-state index in [9.17, 15) is 22.8 Å². The number of aryl methyl sites for hydroxylation is 2. The number of nitrogens with zero attached hydrogens (tertiary/aromatic N) is 4. The Morgan fingerprint density at radius 3 is 1.96 bits per heavy atom. The second-order valence-corrected chi connectivity index (χ2v) is 15.9. The van der Waals surface area contributed by atoms with Crippen molar-refractivity contribution >= 4 is 77.0 Å². The molecule has 0 unspecified atom stereocenters. The summed E-state index contributed by atoms with van der Waals surface area (Å²) in [6, 6.07) is 19.3. The molecule has 2 saturated carbocycles. The summed E-state index contributed by atoms with van der Waals surface area (Å²) in [6.45, 7) is 3.65. The monoisotopic (exact) mass is 863 g/mol. The van der Waals surface area contributed by atoms with Crippen molar-refractivity contribution in [3.05, 3.63) is 105 Å². The van der Waals surface area contributed by atoms with Gasteiger partial charge in [-0.1, -0.05) is 31.9 Å². The maximum absolute atomic E-state index is 12.5. The van der Waals surface area contributed by atoms with E-state index in [0.29, 0.717) is 35.3 Å². The number of ketones is 1. The van der Waals surface area contributed by atoms with Crippen LogP contribution in [0.5, 0.6) is 0 Å². The maximum Gasteiger partial charge on any atom is 0.390 e. The number of hydrogen-bond donors (Lipinski definition) is 3. The molecular formula is C40H38Br2F3N7O2. The number of imidazole rings is 2. The molecule has 2 fully saturated rings. The van der Waals surface area contributed by atoms with Crippen LogP contribution in [-0.4, -0.2) is 49.6 Å². The molecule has 54 heavy (non-hydrogen) atoms. The molecular weight excluding hydrogens is 827 g/mol. The molecule has 4 aromatic carbocycles. The third kappa shape index (κ3) is 8.65. The van der Waals surface area contributed by atoms with Crippen molar-refractivity contribution in [2.75, 3.05) is 17.6 Å². The van der Waals surface area contributed by atoms with Gasteiger partial charge in [-0.3, -0.25) is 18.7 Å². The summed E-state index contributed by atoms with van der Waals surface area (Å²) in [5, 5.41) is 5.87. The lowest BCUT2D eigenvalue weighted by Crippen LogP contribution is -2.26. The molecule has 2 aliphatic carbocycles. The number of amides is 1. The standard InChI is InChI=1S/C22H21BrF3N3O.C18H17BrN4O/c1-13-8-16(4-5-17(13)20(30)9-14-2-3-14)29-12-28-21-18(10-15(23)11-19(21)29)27-7-6-22(24,25)26;1-10-6-13(4-5-14(10)18(24)22-12-2-3-12)23-9-21-17-15(20)7-11(19)8-16(17)23/h4-5,8,10-12,14,27H,2-3,6-7,9H2,1H3;4-9,12H,2-3,20H2,1H3,(H,22,24). The minimum Gasteiger partial charge on any atom is -0.397 e. The van der Waals surface area contributed by atoms with Crippen molar-refractivity contribution in [2.45, 2.75) is 64.6 Å². The van der Waals surface area contributed by atoms with Gasteiger partial charge in [-0.05, 0) is 117 Å². The van der Waals surface area contributed by atoms with Crippen molar-refractivity contribution in [1.82, 2.24) is 24.4 Å². The summed E-state index contributed by atoms with van der Waals surface area (Å²) in [6.07, 6.45) is 3.31. The number of aromatic nitrogens is 4. The average Bonchev–Trinajstić information content (AvgIpc) is 4.01. The lowest BCUT2D eigenvalue weighted by Gasteiger charge is -2.12. The molecule has 0 saturated heterocycles. The van der Waals surface area contributed by atoms with Gasteiger partial charge in [0.25, 0.3) is 5.91 Å². The molecule has 2 heterocycles. The van der Waals surface area contributed by atoms with Gasteiger partial charge in [0.2, 0.25) is 0 Å². The lowest BCUT2D eigenvalue weighted by atomic mass is 10.0. The normalized spacial score (nSPS) is 14.2. The van der Waals surface area contributed by atoms with E-state index in [-0.39, 0.29) is 18.2 Å². The van der Waals surface area contributed by atoms with Gasteiger partial charge >= 0.3 is 6.18 Å². The first-order valence-electron chi connectivity index (χ1n) is 17.7. The number of halogens is 5. The molecule has 9 nitrogen and oxygen atoms in total. The molecule has 4 N–H and O–H groups in total. The number of nitrogens with one attached hydrogen (secondary N) is 2. The first-order chi connectivity index (χ1) is 25.7. The third-order valence-electron chi connectivity index (χ3n) is 9.59. The van der Waals surface area contributed by atoms with E-state index in [1.165, 1.54) is 0 Å². The predicted octanol–water partition coefficient (Wildman–Crippen LogP) is 10.0. The SMILES string of the molecule is Cc1cc(-n2cnc3c(N)cc(Br)cc32)ccc1C(=O)NC1CC1.Cc1cc(-n2cnc3c(NCCC(F)(F)F)cc(Br)cc32)ccc1C(=O)CC1CC1. The summed E-state index contributed by atoms with van der Waals surface area (Å²) >= 11 is 6.91. The molecule has 6 aromatic rings. The number of alkyl halides is 3. The lowest BCUT2D eigenvalue weighted by molar-refractivity contribution is -0.131. The number of anilines is 2. The highest BCUT2D eigenvalue weighted by atomic mass is 79.9. The van der Waals surface area contributed by atoms with Crippen molar-refractivity contribution in [1.29, 1.82) is 0 Å². The maximum atomic E-state index is 12.5. The minimum atomic E-state index is -4.21. The van der Waals surface area contributed by atoms with E-state index in [1.807, 2.05) is 77.6 Å². The van der Waals surface area contributed by atoms with Crippen LogP contribution in [0.25, 0.3) is 33.4 Å². The average molecular weight is 866 g/mol. The quantitative estimate of drug-likeness (QED) is 0.0932. The zero-order chi connectivity index (χ0) is 38.3. The van der Waals surface area contributed by atoms with Crippen molar-refractivity contribution in [3.8, 4) is 11.4 Å². The molecule has 2 aromatic heterocycles. The fourth-order valence-electron chi connectivity index (χ4n) is 6.42. The van der Waals surface area contributed by atoms with Crippen LogP contribution >= 0.6 is 31.9 Å². The molecule has 0 radical (unpaired) electrons. The van der Waals surface area contributed by atoms with E-state index in [4.69, 9.17) is 5.73 Å². The van der Waals surface area contributed by atoms with Crippen LogP contribution in [0, 0.1) is 19.8 Å². The number of rotatable bonds is 10. The van der Waals surface area contributed by atoms with Crippen LogP contribution in [0.1, 0.15) is 70.4 Å². The van der Waals surface area contributed by atoms with Crippen LogP contribution in [0.3, 0.4) is 0 Å². The molecule has 8 rings (SSSR count). The molecule has 0 spiro atoms. The van der Waals surface area contributed by atoms with Crippen LogP contribution in [-0.2, 0) is 0 Å². The Labute approximate surface area is 326 Å². The second-order valence-electron chi connectivity index (χ2n) is 14.0. The van der Waals surface area contributed by atoms with E-state index in [1.54, 1.807) is 18.7 Å². The Bertz CT molecular complexity index is 2400. The fourth-order valence-corrected chi connectivity index (χ4v) is 7.33. The Morgan fingerprint density at radius 2 is 1.39 bits per heavy atom. The Balaban J connectivity index is 0.000000171. The Morgan fingerprint density at radius 1 is 0.815 bits per heavy atom. The van der Waals surface area contributed by atoms with E-state index in [0.717, 1.165) is 84.8 Å². The summed E-state index contributed by atoms with van der Waals surface area (Å²) < 4.78 is 42.9. The van der Waals surface area contributed by atoms with E-state index in [2.05, 4.69) is 52.5 Å². The topological polar surface area (TPSA) is 120 Å². The molecule has 280 valence electrons. The van der Waals surface area contributed by atoms with Crippen molar-refractivity contribution < 1.29 is 22.8 Å². The van der Waals surface area contributed by atoms with Crippen LogP contribution in [0.15, 0.2) is 82.3 Å². The number of carbonyl (C=O) groups is 2. The Hall–Kier alpha value is -4.69. The number of fused-ring (bicyclic) bond motifs is 2. The second kappa shape index (κ2) is 15.2. The van der Waals surface area contributed by atoms with Crippen molar-refractivity contribution in [2.24, 2.45) is 5.92 Å². The highest BCUT2D eigenvalue weighted by Gasteiger charge is 2.27. The summed E-state index contributed by atoms with van der Waals surface area (Å²) in [4.78, 5) is 33.6. The molecule has 0 atom stereocenters. The van der Waals surface area contributed by atoms with E-state index >= 15 is 0 Å². The van der Waals surface area contributed by atoms with E-state index < -0.39 is 12.6 Å². The van der Waals surface area contributed by atoms with Crippen LogP contribution in [0.4, 0.5) is 24.5 Å². The van der Waals surface area contributed by atoms with Gasteiger partial charge in [0, 0.05) is 50.5 Å². The molecule has 0 aliphatic heterocycles. The number of nitrogen functional groups attached to an aromatic ring is 1. The largest absolute Gasteiger partial charge is 0.397 e. The van der Waals surface area contributed by atoms with Gasteiger partial charge in [0.05, 0.1) is 28.8 Å². The summed E-state index contributed by atoms with van der Waals surface area (Å²) in [5.41, 5.74) is 15.4. The molecule has 2 aliphatic rings. The first kappa shape index (κ1) is 37.6.